The van der Waals surface area contributed by atoms with Crippen LogP contribution in [0.2, 0.25) is 0 Å². The molecule has 1 atom stereocenters. The van der Waals surface area contributed by atoms with Crippen molar-refractivity contribution in [3.05, 3.63) is 71.5 Å². The van der Waals surface area contributed by atoms with E-state index in [4.69, 9.17) is 0 Å². The Bertz CT molecular complexity index is 581. The summed E-state index contributed by atoms with van der Waals surface area (Å²) >= 11 is 0. The molecule has 1 heterocycles. The van der Waals surface area contributed by atoms with E-state index < -0.39 is 0 Å². The summed E-state index contributed by atoms with van der Waals surface area (Å²) in [7, 11) is 0. The molecule has 22 heavy (non-hydrogen) atoms. The summed E-state index contributed by atoms with van der Waals surface area (Å²) in [5, 5.41) is 0. The van der Waals surface area contributed by atoms with Gasteiger partial charge in [0.15, 0.2) is 0 Å². The lowest BCUT2D eigenvalue weighted by molar-refractivity contribution is 0.149. The predicted molar refractivity (Wildman–Crippen MR) is 89.5 cm³/mol. The van der Waals surface area contributed by atoms with Gasteiger partial charge in [-0.25, -0.2) is 4.39 Å². The van der Waals surface area contributed by atoms with E-state index in [9.17, 15) is 4.39 Å². The fourth-order valence-electron chi connectivity index (χ4n) is 3.44. The molecule has 1 unspecified atom stereocenters. The Hall–Kier alpha value is -1.67. The van der Waals surface area contributed by atoms with Crippen LogP contribution in [0, 0.1) is 5.82 Å². The Morgan fingerprint density at radius 2 is 1.77 bits per heavy atom. The Labute approximate surface area is 132 Å². The van der Waals surface area contributed by atoms with Gasteiger partial charge in [-0.1, -0.05) is 48.9 Å². The van der Waals surface area contributed by atoms with Crippen molar-refractivity contribution in [2.24, 2.45) is 0 Å². The number of hydrogen-bond donors (Lipinski definition) is 0. The summed E-state index contributed by atoms with van der Waals surface area (Å²) in [6.07, 6.45) is 5.95. The van der Waals surface area contributed by atoms with Crippen LogP contribution in [0.4, 0.5) is 4.39 Å². The minimum atomic E-state index is -0.128. The van der Waals surface area contributed by atoms with Crippen LogP contribution in [0.15, 0.2) is 54.6 Å². The van der Waals surface area contributed by atoms with Crippen LogP contribution in [0.3, 0.4) is 0 Å². The van der Waals surface area contributed by atoms with Crippen LogP contribution in [0.25, 0.3) is 0 Å². The molecule has 0 radical (unpaired) electrons. The summed E-state index contributed by atoms with van der Waals surface area (Å²) < 4.78 is 13.3. The molecule has 1 fully saturated rings. The van der Waals surface area contributed by atoms with E-state index in [0.717, 1.165) is 24.9 Å². The molecular formula is C20H24FN. The predicted octanol–water partition coefficient (Wildman–Crippen LogP) is 4.47. The van der Waals surface area contributed by atoms with Crippen molar-refractivity contribution in [2.75, 3.05) is 13.1 Å². The molecule has 0 bridgehead atoms. The van der Waals surface area contributed by atoms with E-state index in [1.165, 1.54) is 37.4 Å². The maximum atomic E-state index is 13.3. The van der Waals surface area contributed by atoms with Gasteiger partial charge < -0.3 is 0 Å². The van der Waals surface area contributed by atoms with Crippen molar-refractivity contribution in [3.63, 3.8) is 0 Å². The second-order valence-electron chi connectivity index (χ2n) is 6.26. The summed E-state index contributed by atoms with van der Waals surface area (Å²) in [5.41, 5.74) is 2.52. The first-order chi connectivity index (χ1) is 10.8. The van der Waals surface area contributed by atoms with Gasteiger partial charge >= 0.3 is 0 Å². The lowest BCUT2D eigenvalue weighted by Crippen LogP contribution is -2.42. The minimum Gasteiger partial charge on any atom is -0.300 e. The van der Waals surface area contributed by atoms with Gasteiger partial charge in [0, 0.05) is 12.6 Å². The van der Waals surface area contributed by atoms with Crippen molar-refractivity contribution in [2.45, 2.75) is 38.1 Å². The molecule has 0 amide bonds. The van der Waals surface area contributed by atoms with Crippen molar-refractivity contribution in [3.8, 4) is 0 Å². The largest absolute Gasteiger partial charge is 0.300 e. The molecular weight excluding hydrogens is 273 g/mol. The van der Waals surface area contributed by atoms with Gasteiger partial charge in [0.05, 0.1) is 0 Å². The molecule has 1 aliphatic heterocycles. The SMILES string of the molecule is Fc1cccc(CCN2CCCCC2Cc2ccccc2)c1. The van der Waals surface area contributed by atoms with Gasteiger partial charge in [0.25, 0.3) is 0 Å². The van der Waals surface area contributed by atoms with E-state index in [0.29, 0.717) is 6.04 Å². The first kappa shape index (κ1) is 15.2. The van der Waals surface area contributed by atoms with Gasteiger partial charge in [0.1, 0.15) is 5.82 Å². The molecule has 1 saturated heterocycles. The zero-order chi connectivity index (χ0) is 15.2. The van der Waals surface area contributed by atoms with Crippen LogP contribution in [-0.2, 0) is 12.8 Å². The third-order valence-corrected chi connectivity index (χ3v) is 4.64. The van der Waals surface area contributed by atoms with Crippen molar-refractivity contribution >= 4 is 0 Å². The van der Waals surface area contributed by atoms with E-state index in [-0.39, 0.29) is 5.82 Å². The molecule has 2 aromatic rings. The Balaban J connectivity index is 1.60. The lowest BCUT2D eigenvalue weighted by atomic mass is 9.95. The van der Waals surface area contributed by atoms with Crippen LogP contribution < -0.4 is 0 Å². The first-order valence-corrected chi connectivity index (χ1v) is 8.34. The third kappa shape index (κ3) is 4.17. The van der Waals surface area contributed by atoms with Crippen molar-refractivity contribution in [1.82, 2.24) is 4.90 Å². The highest BCUT2D eigenvalue weighted by Gasteiger charge is 2.22. The second-order valence-corrected chi connectivity index (χ2v) is 6.26. The van der Waals surface area contributed by atoms with Crippen molar-refractivity contribution in [1.29, 1.82) is 0 Å². The monoisotopic (exact) mass is 297 g/mol. The normalized spacial score (nSPS) is 19.2. The Morgan fingerprint density at radius 1 is 0.955 bits per heavy atom. The average molecular weight is 297 g/mol. The van der Waals surface area contributed by atoms with E-state index in [2.05, 4.69) is 35.2 Å². The molecule has 0 aromatic heterocycles. The highest BCUT2D eigenvalue weighted by Crippen LogP contribution is 2.21. The molecule has 3 rings (SSSR count). The van der Waals surface area contributed by atoms with E-state index >= 15 is 0 Å². The lowest BCUT2D eigenvalue weighted by Gasteiger charge is -2.36. The summed E-state index contributed by atoms with van der Waals surface area (Å²) in [6.45, 7) is 2.20. The van der Waals surface area contributed by atoms with E-state index in [1.54, 1.807) is 6.07 Å². The Kier molecular flexibility index (Phi) is 5.23. The molecule has 2 heteroatoms. The third-order valence-electron chi connectivity index (χ3n) is 4.64. The molecule has 0 spiro atoms. The number of piperidine rings is 1. The first-order valence-electron chi connectivity index (χ1n) is 8.34. The number of halogens is 1. The van der Waals surface area contributed by atoms with Gasteiger partial charge in [0.2, 0.25) is 0 Å². The zero-order valence-electron chi connectivity index (χ0n) is 13.0. The van der Waals surface area contributed by atoms with Gasteiger partial charge in [-0.3, -0.25) is 4.90 Å². The van der Waals surface area contributed by atoms with Crippen LogP contribution in [0.1, 0.15) is 30.4 Å². The van der Waals surface area contributed by atoms with Gasteiger partial charge in [-0.05, 0) is 55.5 Å². The molecule has 2 aromatic carbocycles. The maximum absolute atomic E-state index is 13.3. The van der Waals surface area contributed by atoms with Gasteiger partial charge in [-0.15, -0.1) is 0 Å². The van der Waals surface area contributed by atoms with Crippen LogP contribution in [0.5, 0.6) is 0 Å². The second kappa shape index (κ2) is 7.55. The molecule has 0 saturated carbocycles. The van der Waals surface area contributed by atoms with Crippen LogP contribution in [-0.4, -0.2) is 24.0 Å². The molecule has 0 N–H and O–H groups in total. The summed E-state index contributed by atoms with van der Waals surface area (Å²) in [6, 6.07) is 18.4. The number of hydrogen-bond acceptors (Lipinski definition) is 1. The highest BCUT2D eigenvalue weighted by molar-refractivity contribution is 5.18. The smallest absolute Gasteiger partial charge is 0.123 e. The summed E-state index contributed by atoms with van der Waals surface area (Å²) in [4.78, 5) is 2.60. The number of rotatable bonds is 5. The zero-order valence-corrected chi connectivity index (χ0v) is 13.0. The fourth-order valence-corrected chi connectivity index (χ4v) is 3.44. The minimum absolute atomic E-state index is 0.128. The van der Waals surface area contributed by atoms with Crippen molar-refractivity contribution < 1.29 is 4.39 Å². The topological polar surface area (TPSA) is 3.24 Å². The van der Waals surface area contributed by atoms with E-state index in [1.807, 2.05) is 12.1 Å². The molecule has 1 nitrogen and oxygen atoms in total. The molecule has 1 aliphatic rings. The standard InChI is InChI=1S/C20H24FN/c21-19-10-6-9-18(15-19)12-14-22-13-5-4-11-20(22)16-17-7-2-1-3-8-17/h1-3,6-10,15,20H,4-5,11-14,16H2. The molecule has 116 valence electrons. The fraction of sp³-hybridized carbons (Fsp3) is 0.400. The quantitative estimate of drug-likeness (QED) is 0.787. The number of likely N-dealkylation sites (tertiary alicyclic amines) is 1. The van der Waals surface area contributed by atoms with Crippen LogP contribution >= 0.6 is 0 Å². The average Bonchev–Trinajstić information content (AvgIpc) is 2.55. The maximum Gasteiger partial charge on any atom is 0.123 e. The summed E-state index contributed by atoms with van der Waals surface area (Å²) in [5.74, 6) is -0.128. The number of benzene rings is 2. The Morgan fingerprint density at radius 3 is 2.59 bits per heavy atom. The van der Waals surface area contributed by atoms with Gasteiger partial charge in [-0.2, -0.15) is 0 Å². The highest BCUT2D eigenvalue weighted by atomic mass is 19.1. The molecule has 0 aliphatic carbocycles. The number of nitrogens with zero attached hydrogens (tertiary/aromatic N) is 1.